The standard InChI is InChI=1S/C30H29ClN6O2S2/c1-16-7-5-8-17(2)26(16)34-23(39)15-40-29-36-35-28(41-29)37-21-12-30(3,4)13-22(38)25(21)24(20(14-32)27(37)33)18-9-6-10-19(31)11-18/h5-11,24H,12-13,15,33H2,1-4H3,(H,34,39). The number of anilines is 2. The highest BCUT2D eigenvalue weighted by atomic mass is 35.5. The van der Waals surface area contributed by atoms with Gasteiger partial charge in [-0.3, -0.25) is 14.5 Å². The van der Waals surface area contributed by atoms with Gasteiger partial charge in [-0.2, -0.15) is 5.26 Å². The highest BCUT2D eigenvalue weighted by molar-refractivity contribution is 8.01. The number of nitrogens with zero attached hydrogens (tertiary/aromatic N) is 4. The molecule has 2 aliphatic rings. The molecule has 2 heterocycles. The molecule has 5 rings (SSSR count). The van der Waals surface area contributed by atoms with E-state index in [1.54, 1.807) is 23.1 Å². The van der Waals surface area contributed by atoms with E-state index < -0.39 is 5.92 Å². The van der Waals surface area contributed by atoms with Crippen LogP contribution in [0.2, 0.25) is 5.02 Å². The van der Waals surface area contributed by atoms with E-state index in [0.717, 1.165) is 22.4 Å². The van der Waals surface area contributed by atoms with Crippen LogP contribution in [0.15, 0.2) is 69.5 Å². The van der Waals surface area contributed by atoms with Crippen LogP contribution in [0.25, 0.3) is 0 Å². The quantitative estimate of drug-likeness (QED) is 0.306. The zero-order valence-electron chi connectivity index (χ0n) is 23.1. The lowest BCUT2D eigenvalue weighted by Crippen LogP contribution is -2.42. The average molecular weight is 605 g/mol. The Bertz CT molecular complexity index is 1650. The molecule has 1 aliphatic heterocycles. The number of aryl methyl sites for hydroxylation is 2. The lowest BCUT2D eigenvalue weighted by molar-refractivity contribution is -0.118. The molecule has 0 spiro atoms. The Kier molecular flexibility index (Phi) is 7.97. The SMILES string of the molecule is Cc1cccc(C)c1NC(=O)CSc1nnc(N2C(N)=C(C#N)C(c3cccc(Cl)c3)C3=C2CC(C)(C)CC3=O)s1. The maximum atomic E-state index is 13.7. The van der Waals surface area contributed by atoms with Gasteiger partial charge in [0.05, 0.1) is 23.3 Å². The number of hydrogen-bond donors (Lipinski definition) is 2. The Hall–Kier alpha value is -3.65. The number of nitrogens with one attached hydrogen (secondary N) is 1. The zero-order valence-corrected chi connectivity index (χ0v) is 25.5. The molecular weight excluding hydrogens is 576 g/mol. The number of nitriles is 1. The van der Waals surface area contributed by atoms with Crippen molar-refractivity contribution in [2.24, 2.45) is 11.1 Å². The van der Waals surface area contributed by atoms with Crippen LogP contribution < -0.4 is 16.0 Å². The number of para-hydroxylation sites is 1. The van der Waals surface area contributed by atoms with Gasteiger partial charge < -0.3 is 11.1 Å². The predicted octanol–water partition coefficient (Wildman–Crippen LogP) is 6.48. The predicted molar refractivity (Wildman–Crippen MR) is 164 cm³/mol. The summed E-state index contributed by atoms with van der Waals surface area (Å²) in [6, 6.07) is 15.3. The minimum Gasteiger partial charge on any atom is -0.384 e. The number of thioether (sulfide) groups is 1. The van der Waals surface area contributed by atoms with E-state index in [2.05, 4.69) is 21.6 Å². The van der Waals surface area contributed by atoms with Gasteiger partial charge >= 0.3 is 0 Å². The maximum absolute atomic E-state index is 13.7. The van der Waals surface area contributed by atoms with E-state index in [-0.39, 0.29) is 34.3 Å². The van der Waals surface area contributed by atoms with Crippen molar-refractivity contribution in [3.05, 3.63) is 86.8 Å². The fourth-order valence-electron chi connectivity index (χ4n) is 5.41. The molecule has 0 bridgehead atoms. The first-order chi connectivity index (χ1) is 19.5. The van der Waals surface area contributed by atoms with Gasteiger partial charge in [-0.05, 0) is 54.5 Å². The average Bonchev–Trinajstić information content (AvgIpc) is 3.37. The van der Waals surface area contributed by atoms with Gasteiger partial charge in [0.2, 0.25) is 11.0 Å². The van der Waals surface area contributed by atoms with Gasteiger partial charge in [-0.25, -0.2) is 0 Å². The number of amides is 1. The minimum atomic E-state index is -0.621. The summed E-state index contributed by atoms with van der Waals surface area (Å²) < 4.78 is 0.573. The third-order valence-corrected chi connectivity index (χ3v) is 9.50. The second-order valence-corrected chi connectivity index (χ2v) is 13.6. The van der Waals surface area contributed by atoms with Gasteiger partial charge in [-0.15, -0.1) is 10.2 Å². The van der Waals surface area contributed by atoms with Crippen molar-refractivity contribution in [3.8, 4) is 6.07 Å². The summed E-state index contributed by atoms with van der Waals surface area (Å²) in [6.07, 6.45) is 0.910. The van der Waals surface area contributed by atoms with E-state index in [1.165, 1.54) is 23.1 Å². The van der Waals surface area contributed by atoms with E-state index in [0.29, 0.717) is 38.6 Å². The molecule has 2 aromatic carbocycles. The van der Waals surface area contributed by atoms with Crippen molar-refractivity contribution >= 4 is 57.2 Å². The van der Waals surface area contributed by atoms with E-state index in [1.807, 2.05) is 52.0 Å². The number of allylic oxidation sites excluding steroid dienone is 3. The second kappa shape index (κ2) is 11.3. The first-order valence-corrected chi connectivity index (χ1v) is 15.2. The highest BCUT2D eigenvalue weighted by Gasteiger charge is 2.45. The minimum absolute atomic E-state index is 0.0336. The van der Waals surface area contributed by atoms with E-state index in [4.69, 9.17) is 17.3 Å². The molecule has 8 nitrogen and oxygen atoms in total. The number of halogens is 1. The van der Waals surface area contributed by atoms with Crippen molar-refractivity contribution in [1.82, 2.24) is 10.2 Å². The largest absolute Gasteiger partial charge is 0.384 e. The Balaban J connectivity index is 1.47. The first kappa shape index (κ1) is 28.9. The number of carbonyl (C=O) groups excluding carboxylic acids is 2. The third-order valence-electron chi connectivity index (χ3n) is 7.22. The van der Waals surface area contributed by atoms with Crippen LogP contribution in [0, 0.1) is 30.6 Å². The van der Waals surface area contributed by atoms with E-state index >= 15 is 0 Å². The molecule has 0 radical (unpaired) electrons. The summed E-state index contributed by atoms with van der Waals surface area (Å²) in [5.74, 6) is -0.449. The van der Waals surface area contributed by atoms with Crippen molar-refractivity contribution in [2.75, 3.05) is 16.0 Å². The van der Waals surface area contributed by atoms with Crippen molar-refractivity contribution in [1.29, 1.82) is 5.26 Å². The summed E-state index contributed by atoms with van der Waals surface area (Å²) in [7, 11) is 0. The Labute approximate surface area is 252 Å². The van der Waals surface area contributed by atoms with Crippen LogP contribution in [0.5, 0.6) is 0 Å². The third kappa shape index (κ3) is 5.75. The number of Topliss-reactive ketones (excluding diaryl/α,β-unsaturated/α-hetero) is 1. The molecule has 1 unspecified atom stereocenters. The van der Waals surface area contributed by atoms with Gasteiger partial charge in [-0.1, -0.05) is 78.9 Å². The van der Waals surface area contributed by atoms with Crippen LogP contribution in [-0.2, 0) is 9.59 Å². The molecule has 3 N–H and O–H groups in total. The molecule has 0 saturated heterocycles. The number of ketones is 1. The Morgan fingerprint density at radius 1 is 1.22 bits per heavy atom. The Morgan fingerprint density at radius 3 is 2.61 bits per heavy atom. The molecule has 0 fully saturated rings. The second-order valence-electron chi connectivity index (χ2n) is 11.0. The van der Waals surface area contributed by atoms with Gasteiger partial charge in [0.15, 0.2) is 10.1 Å². The molecule has 3 aromatic rings. The van der Waals surface area contributed by atoms with Gasteiger partial charge in [0.1, 0.15) is 5.82 Å². The fourth-order valence-corrected chi connectivity index (χ4v) is 7.29. The fraction of sp³-hybridized carbons (Fsp3) is 0.300. The lowest BCUT2D eigenvalue weighted by atomic mass is 9.69. The first-order valence-electron chi connectivity index (χ1n) is 13.0. The van der Waals surface area contributed by atoms with Crippen molar-refractivity contribution < 1.29 is 9.59 Å². The number of benzene rings is 2. The zero-order chi connectivity index (χ0) is 29.5. The lowest BCUT2D eigenvalue weighted by Gasteiger charge is -2.42. The molecule has 1 aliphatic carbocycles. The summed E-state index contributed by atoms with van der Waals surface area (Å²) in [5.41, 5.74) is 11.4. The van der Waals surface area contributed by atoms with Crippen LogP contribution >= 0.6 is 34.7 Å². The van der Waals surface area contributed by atoms with Crippen LogP contribution in [0.1, 0.15) is 49.3 Å². The molecule has 0 saturated carbocycles. The molecule has 1 aromatic heterocycles. The summed E-state index contributed by atoms with van der Waals surface area (Å²) >= 11 is 8.83. The molecule has 1 amide bonds. The van der Waals surface area contributed by atoms with Gasteiger partial charge in [0, 0.05) is 28.4 Å². The van der Waals surface area contributed by atoms with Crippen LogP contribution in [0.3, 0.4) is 0 Å². The normalized spacial score (nSPS) is 18.3. The summed E-state index contributed by atoms with van der Waals surface area (Å²) in [5, 5.41) is 22.9. The van der Waals surface area contributed by atoms with Crippen LogP contribution in [0.4, 0.5) is 10.8 Å². The number of rotatable bonds is 6. The topological polar surface area (TPSA) is 125 Å². The smallest absolute Gasteiger partial charge is 0.234 e. The van der Waals surface area contributed by atoms with Gasteiger partial charge in [0.25, 0.3) is 0 Å². The summed E-state index contributed by atoms with van der Waals surface area (Å²) in [6.45, 7) is 7.99. The molecule has 11 heteroatoms. The summed E-state index contributed by atoms with van der Waals surface area (Å²) in [4.78, 5) is 28.1. The molecule has 1 atom stereocenters. The number of nitrogens with two attached hydrogens (primary N) is 1. The number of carbonyl (C=O) groups is 2. The number of hydrogen-bond acceptors (Lipinski definition) is 9. The van der Waals surface area contributed by atoms with E-state index in [9.17, 15) is 14.9 Å². The highest BCUT2D eigenvalue weighted by Crippen LogP contribution is 2.51. The maximum Gasteiger partial charge on any atom is 0.234 e. The molecular formula is C30H29ClN6O2S2. The van der Waals surface area contributed by atoms with Crippen molar-refractivity contribution in [2.45, 2.75) is 50.8 Å². The monoisotopic (exact) mass is 604 g/mol. The van der Waals surface area contributed by atoms with Crippen LogP contribution in [-0.4, -0.2) is 27.6 Å². The number of aromatic nitrogens is 2. The Morgan fingerprint density at radius 2 is 1.93 bits per heavy atom. The van der Waals surface area contributed by atoms with Crippen molar-refractivity contribution in [3.63, 3.8) is 0 Å². The molecule has 210 valence electrons. The molecule has 41 heavy (non-hydrogen) atoms.